The van der Waals surface area contributed by atoms with Crippen molar-refractivity contribution in [1.82, 2.24) is 0 Å². The molecule has 0 aliphatic heterocycles. The maximum absolute atomic E-state index is 14.0. The molecule has 2 rings (SSSR count). The Labute approximate surface area is 117 Å². The Hall–Kier alpha value is -2.36. The quantitative estimate of drug-likeness (QED) is 0.782. The third kappa shape index (κ3) is 2.79. The van der Waals surface area contributed by atoms with Gasteiger partial charge in [0.2, 0.25) is 0 Å². The molecule has 4 heteroatoms. The maximum Gasteiger partial charge on any atom is 0.197 e. The minimum atomic E-state index is -0.606. The van der Waals surface area contributed by atoms with Crippen molar-refractivity contribution in [2.45, 2.75) is 13.5 Å². The number of ether oxygens (including phenoxy) is 2. The number of carbonyl (C=O) groups is 1. The number of halogens is 1. The van der Waals surface area contributed by atoms with Gasteiger partial charge in [0.15, 0.2) is 23.6 Å². The third-order valence-corrected chi connectivity index (χ3v) is 3.04. The summed E-state index contributed by atoms with van der Waals surface area (Å²) in [5, 5.41) is 0. The summed E-state index contributed by atoms with van der Waals surface area (Å²) in [5.74, 6) is -0.326. The van der Waals surface area contributed by atoms with Crippen LogP contribution in [0.2, 0.25) is 0 Å². The Bertz CT molecular complexity index is 609. The van der Waals surface area contributed by atoms with E-state index in [1.165, 1.54) is 7.11 Å². The van der Waals surface area contributed by atoms with Crippen LogP contribution in [0.5, 0.6) is 11.5 Å². The van der Waals surface area contributed by atoms with Crippen molar-refractivity contribution in [2.75, 3.05) is 7.11 Å². The molecule has 0 fully saturated rings. The molecule has 0 aliphatic rings. The Morgan fingerprint density at radius 2 is 1.90 bits per heavy atom. The van der Waals surface area contributed by atoms with Crippen molar-refractivity contribution in [3.05, 3.63) is 58.9 Å². The Morgan fingerprint density at radius 3 is 2.50 bits per heavy atom. The van der Waals surface area contributed by atoms with Gasteiger partial charge >= 0.3 is 0 Å². The first kappa shape index (κ1) is 14.1. The second kappa shape index (κ2) is 6.19. The van der Waals surface area contributed by atoms with Crippen LogP contribution in [-0.2, 0) is 6.61 Å². The van der Waals surface area contributed by atoms with E-state index < -0.39 is 5.82 Å². The zero-order chi connectivity index (χ0) is 14.5. The lowest BCUT2D eigenvalue weighted by atomic mass is 10.1. The summed E-state index contributed by atoms with van der Waals surface area (Å²) in [6.07, 6.45) is 0.599. The van der Waals surface area contributed by atoms with Crippen molar-refractivity contribution >= 4 is 6.29 Å². The Morgan fingerprint density at radius 1 is 1.20 bits per heavy atom. The van der Waals surface area contributed by atoms with Crippen LogP contribution < -0.4 is 9.47 Å². The number of methoxy groups -OCH3 is 1. The lowest BCUT2D eigenvalue weighted by Crippen LogP contribution is -2.03. The van der Waals surface area contributed by atoms with Crippen LogP contribution in [-0.4, -0.2) is 13.4 Å². The van der Waals surface area contributed by atoms with Gasteiger partial charge in [0.05, 0.1) is 7.11 Å². The Balaban J connectivity index is 2.31. The molecule has 2 aromatic carbocycles. The number of hydrogen-bond acceptors (Lipinski definition) is 3. The van der Waals surface area contributed by atoms with E-state index in [2.05, 4.69) is 0 Å². The van der Waals surface area contributed by atoms with Gasteiger partial charge in [0, 0.05) is 11.1 Å². The van der Waals surface area contributed by atoms with Gasteiger partial charge in [-0.1, -0.05) is 30.3 Å². The molecule has 0 heterocycles. The lowest BCUT2D eigenvalue weighted by molar-refractivity contribution is 0.112. The van der Waals surface area contributed by atoms with E-state index in [9.17, 15) is 9.18 Å². The van der Waals surface area contributed by atoms with Gasteiger partial charge in [-0.15, -0.1) is 0 Å². The molecule has 0 saturated carbocycles. The summed E-state index contributed by atoms with van der Waals surface area (Å²) in [6, 6.07) is 10.6. The van der Waals surface area contributed by atoms with Crippen molar-refractivity contribution in [2.24, 2.45) is 0 Å². The lowest BCUT2D eigenvalue weighted by Gasteiger charge is -2.15. The molecule has 20 heavy (non-hydrogen) atoms. The van der Waals surface area contributed by atoms with E-state index in [4.69, 9.17) is 9.47 Å². The van der Waals surface area contributed by atoms with Crippen LogP contribution in [0.3, 0.4) is 0 Å². The SMILES string of the molecule is COc1c(C)c(C=O)cc(F)c1OCc1ccccc1. The fourth-order valence-electron chi connectivity index (χ4n) is 1.95. The van der Waals surface area contributed by atoms with Gasteiger partial charge in [0.25, 0.3) is 0 Å². The fraction of sp³-hybridized carbons (Fsp3) is 0.188. The zero-order valence-corrected chi connectivity index (χ0v) is 11.4. The zero-order valence-electron chi connectivity index (χ0n) is 11.4. The van der Waals surface area contributed by atoms with Gasteiger partial charge < -0.3 is 9.47 Å². The number of benzene rings is 2. The molecule has 104 valence electrons. The van der Waals surface area contributed by atoms with Crippen LogP contribution in [0.15, 0.2) is 36.4 Å². The normalized spacial score (nSPS) is 10.2. The van der Waals surface area contributed by atoms with E-state index in [0.717, 1.165) is 11.6 Å². The van der Waals surface area contributed by atoms with E-state index in [0.29, 0.717) is 11.8 Å². The van der Waals surface area contributed by atoms with Crippen LogP contribution in [0.25, 0.3) is 0 Å². The molecule has 0 unspecified atom stereocenters. The van der Waals surface area contributed by atoms with Crippen LogP contribution in [0.4, 0.5) is 4.39 Å². The highest BCUT2D eigenvalue weighted by molar-refractivity contribution is 5.79. The first-order valence-corrected chi connectivity index (χ1v) is 6.16. The largest absolute Gasteiger partial charge is 0.492 e. The number of hydrogen-bond donors (Lipinski definition) is 0. The van der Waals surface area contributed by atoms with E-state index in [-0.39, 0.29) is 23.7 Å². The second-order valence-electron chi connectivity index (χ2n) is 4.33. The van der Waals surface area contributed by atoms with Crippen molar-refractivity contribution < 1.29 is 18.7 Å². The van der Waals surface area contributed by atoms with Crippen molar-refractivity contribution in [1.29, 1.82) is 0 Å². The highest BCUT2D eigenvalue weighted by Crippen LogP contribution is 2.35. The molecule has 0 bridgehead atoms. The van der Waals surface area contributed by atoms with Crippen LogP contribution in [0.1, 0.15) is 21.5 Å². The molecular formula is C16H15FO3. The van der Waals surface area contributed by atoms with Crippen molar-refractivity contribution in [3.63, 3.8) is 0 Å². The van der Waals surface area contributed by atoms with Gasteiger partial charge in [-0.2, -0.15) is 0 Å². The number of aldehydes is 1. The van der Waals surface area contributed by atoms with Crippen molar-refractivity contribution in [3.8, 4) is 11.5 Å². The van der Waals surface area contributed by atoms with Gasteiger partial charge in [-0.05, 0) is 18.6 Å². The summed E-state index contributed by atoms with van der Waals surface area (Å²) >= 11 is 0. The standard InChI is InChI=1S/C16H15FO3/c1-11-13(9-18)8-14(17)16(15(11)19-2)20-10-12-6-4-3-5-7-12/h3-9H,10H2,1-2H3. The molecule has 0 N–H and O–H groups in total. The highest BCUT2D eigenvalue weighted by atomic mass is 19.1. The maximum atomic E-state index is 14.0. The topological polar surface area (TPSA) is 35.5 Å². The van der Waals surface area contributed by atoms with Gasteiger partial charge in [-0.25, -0.2) is 4.39 Å². The van der Waals surface area contributed by atoms with E-state index in [1.807, 2.05) is 30.3 Å². The highest BCUT2D eigenvalue weighted by Gasteiger charge is 2.17. The molecule has 2 aromatic rings. The first-order chi connectivity index (χ1) is 9.67. The summed E-state index contributed by atoms with van der Waals surface area (Å²) < 4.78 is 24.7. The molecule has 0 saturated heterocycles. The summed E-state index contributed by atoms with van der Waals surface area (Å²) in [4.78, 5) is 10.9. The fourth-order valence-corrected chi connectivity index (χ4v) is 1.95. The molecule has 0 spiro atoms. The predicted molar refractivity (Wildman–Crippen MR) is 73.9 cm³/mol. The van der Waals surface area contributed by atoms with Crippen LogP contribution >= 0.6 is 0 Å². The van der Waals surface area contributed by atoms with E-state index >= 15 is 0 Å². The second-order valence-corrected chi connectivity index (χ2v) is 4.33. The molecular weight excluding hydrogens is 259 g/mol. The molecule has 0 aromatic heterocycles. The molecule has 0 radical (unpaired) electrons. The average molecular weight is 274 g/mol. The third-order valence-electron chi connectivity index (χ3n) is 3.04. The summed E-state index contributed by atoms with van der Waals surface area (Å²) in [7, 11) is 1.42. The molecule has 0 atom stereocenters. The smallest absolute Gasteiger partial charge is 0.197 e. The molecule has 3 nitrogen and oxygen atoms in total. The monoisotopic (exact) mass is 274 g/mol. The Kier molecular flexibility index (Phi) is 4.35. The molecule has 0 amide bonds. The predicted octanol–water partition coefficient (Wildman–Crippen LogP) is 3.53. The van der Waals surface area contributed by atoms with E-state index in [1.54, 1.807) is 6.92 Å². The number of carbonyl (C=O) groups excluding carboxylic acids is 1. The van der Waals surface area contributed by atoms with Crippen LogP contribution in [0, 0.1) is 12.7 Å². The molecule has 0 aliphatic carbocycles. The summed E-state index contributed by atoms with van der Waals surface area (Å²) in [6.45, 7) is 1.92. The minimum Gasteiger partial charge on any atom is -0.492 e. The number of rotatable bonds is 5. The summed E-state index contributed by atoms with van der Waals surface area (Å²) in [5.41, 5.74) is 1.74. The first-order valence-electron chi connectivity index (χ1n) is 6.16. The van der Waals surface area contributed by atoms with Gasteiger partial charge in [0.1, 0.15) is 6.61 Å². The minimum absolute atomic E-state index is 0.0273. The van der Waals surface area contributed by atoms with Gasteiger partial charge in [-0.3, -0.25) is 4.79 Å². The average Bonchev–Trinajstić information content (AvgIpc) is 2.48.